The van der Waals surface area contributed by atoms with Gasteiger partial charge in [-0.2, -0.15) is 5.06 Å². The summed E-state index contributed by atoms with van der Waals surface area (Å²) in [7, 11) is 0. The molecule has 4 heteroatoms. The molecule has 48 valence electrons. The summed E-state index contributed by atoms with van der Waals surface area (Å²) in [6.45, 7) is 0.622. The van der Waals surface area contributed by atoms with Crippen LogP contribution in [0.1, 0.15) is 6.42 Å². The standard InChI is InChI=1S/C4H10N2O2/c5-3-4(7)1-2-6(4)8/h7-8H,1-3,5H2. The Labute approximate surface area is 47.5 Å². The molecule has 1 atom stereocenters. The number of nitrogens with two attached hydrogens (primary N) is 1. The molecule has 0 aliphatic carbocycles. The van der Waals surface area contributed by atoms with E-state index in [2.05, 4.69) is 0 Å². The van der Waals surface area contributed by atoms with Crippen LogP contribution in [0.15, 0.2) is 0 Å². The summed E-state index contributed by atoms with van der Waals surface area (Å²) in [5.41, 5.74) is 4.00. The lowest BCUT2D eigenvalue weighted by atomic mass is 10.0. The Bertz CT molecular complexity index is 94.0. The Morgan fingerprint density at radius 3 is 2.38 bits per heavy atom. The number of aliphatic hydroxyl groups is 1. The first kappa shape index (κ1) is 5.97. The minimum absolute atomic E-state index is 0.101. The zero-order valence-corrected chi connectivity index (χ0v) is 4.54. The van der Waals surface area contributed by atoms with E-state index < -0.39 is 5.72 Å². The minimum Gasteiger partial charge on any atom is -0.372 e. The van der Waals surface area contributed by atoms with E-state index in [0.717, 1.165) is 5.06 Å². The molecule has 0 saturated carbocycles. The third-order valence-corrected chi connectivity index (χ3v) is 1.53. The Balaban J connectivity index is 2.42. The van der Waals surface area contributed by atoms with Crippen LogP contribution in [0.3, 0.4) is 0 Å². The van der Waals surface area contributed by atoms with Crippen LogP contribution in [0.2, 0.25) is 0 Å². The van der Waals surface area contributed by atoms with E-state index >= 15 is 0 Å². The van der Waals surface area contributed by atoms with Gasteiger partial charge in [0.25, 0.3) is 0 Å². The third-order valence-electron chi connectivity index (χ3n) is 1.53. The number of nitrogens with zero attached hydrogens (tertiary/aromatic N) is 1. The Morgan fingerprint density at radius 2 is 2.38 bits per heavy atom. The highest BCUT2D eigenvalue weighted by molar-refractivity contribution is 4.84. The minimum atomic E-state index is -1.11. The zero-order chi connectivity index (χ0) is 6.20. The number of hydrogen-bond donors (Lipinski definition) is 3. The highest BCUT2D eigenvalue weighted by Gasteiger charge is 2.40. The second-order valence-corrected chi connectivity index (χ2v) is 2.06. The number of hydrogen-bond acceptors (Lipinski definition) is 4. The van der Waals surface area contributed by atoms with Gasteiger partial charge in [0, 0.05) is 19.5 Å². The first-order valence-corrected chi connectivity index (χ1v) is 2.58. The fraction of sp³-hybridized carbons (Fsp3) is 1.00. The van der Waals surface area contributed by atoms with Gasteiger partial charge in [0.1, 0.15) is 0 Å². The molecule has 1 unspecified atom stereocenters. The summed E-state index contributed by atoms with van der Waals surface area (Å²) in [6.07, 6.45) is 0.569. The van der Waals surface area contributed by atoms with E-state index in [1.807, 2.05) is 0 Å². The van der Waals surface area contributed by atoms with Crippen molar-refractivity contribution in [2.45, 2.75) is 12.1 Å². The van der Waals surface area contributed by atoms with Crippen molar-refractivity contribution in [2.75, 3.05) is 13.1 Å². The fourth-order valence-electron chi connectivity index (χ4n) is 0.677. The van der Waals surface area contributed by atoms with Crippen molar-refractivity contribution < 1.29 is 10.3 Å². The van der Waals surface area contributed by atoms with E-state index in [4.69, 9.17) is 16.0 Å². The van der Waals surface area contributed by atoms with Gasteiger partial charge in [0.15, 0.2) is 5.72 Å². The molecule has 8 heavy (non-hydrogen) atoms. The lowest BCUT2D eigenvalue weighted by Crippen LogP contribution is -2.62. The van der Waals surface area contributed by atoms with Crippen LogP contribution in [0, 0.1) is 0 Å². The zero-order valence-electron chi connectivity index (χ0n) is 4.54. The maximum Gasteiger partial charge on any atom is 0.153 e. The first-order chi connectivity index (χ1) is 3.69. The molecule has 0 bridgehead atoms. The second kappa shape index (κ2) is 1.66. The van der Waals surface area contributed by atoms with Crippen molar-refractivity contribution in [3.63, 3.8) is 0 Å². The van der Waals surface area contributed by atoms with E-state index in [1.165, 1.54) is 0 Å². The molecule has 0 amide bonds. The maximum absolute atomic E-state index is 9.04. The monoisotopic (exact) mass is 118 g/mol. The van der Waals surface area contributed by atoms with Gasteiger partial charge < -0.3 is 16.0 Å². The lowest BCUT2D eigenvalue weighted by molar-refractivity contribution is -0.317. The van der Waals surface area contributed by atoms with Crippen LogP contribution in [0.4, 0.5) is 0 Å². The van der Waals surface area contributed by atoms with Crippen molar-refractivity contribution in [3.8, 4) is 0 Å². The van der Waals surface area contributed by atoms with Gasteiger partial charge in [0.2, 0.25) is 0 Å². The molecule has 1 fully saturated rings. The van der Waals surface area contributed by atoms with Gasteiger partial charge in [-0.25, -0.2) is 0 Å². The summed E-state index contributed by atoms with van der Waals surface area (Å²) in [6, 6.07) is 0. The Morgan fingerprint density at radius 1 is 1.75 bits per heavy atom. The first-order valence-electron chi connectivity index (χ1n) is 2.58. The van der Waals surface area contributed by atoms with Gasteiger partial charge in [0.05, 0.1) is 0 Å². The molecule has 1 saturated heterocycles. The van der Waals surface area contributed by atoms with E-state index in [9.17, 15) is 0 Å². The van der Waals surface area contributed by atoms with Gasteiger partial charge in [-0.3, -0.25) is 0 Å². The van der Waals surface area contributed by atoms with Crippen LogP contribution >= 0.6 is 0 Å². The molecular weight excluding hydrogens is 108 g/mol. The van der Waals surface area contributed by atoms with Crippen LogP contribution in [-0.2, 0) is 0 Å². The van der Waals surface area contributed by atoms with Gasteiger partial charge in [-0.15, -0.1) is 0 Å². The largest absolute Gasteiger partial charge is 0.372 e. The molecule has 1 rings (SSSR count). The average Bonchev–Trinajstić information content (AvgIpc) is 1.83. The maximum atomic E-state index is 9.04. The molecule has 0 aromatic rings. The molecule has 1 aliphatic heterocycles. The summed E-state index contributed by atoms with van der Waals surface area (Å²) < 4.78 is 0. The normalized spacial score (nSPS) is 39.4. The van der Waals surface area contributed by atoms with Crippen LogP contribution in [0.25, 0.3) is 0 Å². The van der Waals surface area contributed by atoms with E-state index in [1.54, 1.807) is 0 Å². The molecular formula is C4H10N2O2. The highest BCUT2D eigenvalue weighted by atomic mass is 16.6. The quantitative estimate of drug-likeness (QED) is 0.401. The molecule has 4 N–H and O–H groups in total. The van der Waals surface area contributed by atoms with Crippen molar-refractivity contribution in [1.29, 1.82) is 0 Å². The molecule has 0 aromatic carbocycles. The van der Waals surface area contributed by atoms with Crippen LogP contribution in [-0.4, -0.2) is 34.2 Å². The van der Waals surface area contributed by atoms with Crippen molar-refractivity contribution in [2.24, 2.45) is 5.73 Å². The highest BCUT2D eigenvalue weighted by Crippen LogP contribution is 2.23. The fourth-order valence-corrected chi connectivity index (χ4v) is 0.677. The lowest BCUT2D eigenvalue weighted by Gasteiger charge is -2.43. The average molecular weight is 118 g/mol. The summed E-state index contributed by atoms with van der Waals surface area (Å²) in [5.74, 6) is 0. The van der Waals surface area contributed by atoms with Crippen LogP contribution < -0.4 is 5.73 Å². The second-order valence-electron chi connectivity index (χ2n) is 2.06. The number of rotatable bonds is 1. The predicted octanol–water partition coefficient (Wildman–Crippen LogP) is -1.27. The smallest absolute Gasteiger partial charge is 0.153 e. The number of hydroxylamine groups is 2. The molecule has 0 aromatic heterocycles. The SMILES string of the molecule is NCC1(O)CCN1O. The van der Waals surface area contributed by atoms with E-state index in [0.29, 0.717) is 13.0 Å². The molecule has 0 spiro atoms. The van der Waals surface area contributed by atoms with Gasteiger partial charge >= 0.3 is 0 Å². The Kier molecular flexibility index (Phi) is 1.24. The van der Waals surface area contributed by atoms with Crippen LogP contribution in [0.5, 0.6) is 0 Å². The van der Waals surface area contributed by atoms with Gasteiger partial charge in [-0.05, 0) is 0 Å². The predicted molar refractivity (Wildman–Crippen MR) is 27.1 cm³/mol. The van der Waals surface area contributed by atoms with Crippen molar-refractivity contribution in [3.05, 3.63) is 0 Å². The summed E-state index contributed by atoms with van der Waals surface area (Å²) in [5, 5.41) is 18.6. The topological polar surface area (TPSA) is 69.7 Å². The van der Waals surface area contributed by atoms with Crippen molar-refractivity contribution >= 4 is 0 Å². The summed E-state index contributed by atoms with van der Waals surface area (Å²) >= 11 is 0. The van der Waals surface area contributed by atoms with E-state index in [-0.39, 0.29) is 6.54 Å². The molecule has 1 heterocycles. The molecule has 0 radical (unpaired) electrons. The summed E-state index contributed by atoms with van der Waals surface area (Å²) in [4.78, 5) is 0. The third kappa shape index (κ3) is 0.621. The Hall–Kier alpha value is -0.160. The molecule has 4 nitrogen and oxygen atoms in total. The van der Waals surface area contributed by atoms with Gasteiger partial charge in [-0.1, -0.05) is 0 Å². The molecule has 1 aliphatic rings. The van der Waals surface area contributed by atoms with Crippen molar-refractivity contribution in [1.82, 2.24) is 5.06 Å².